The third-order valence-electron chi connectivity index (χ3n) is 2.94. The summed E-state index contributed by atoms with van der Waals surface area (Å²) in [6, 6.07) is 10.3. The quantitative estimate of drug-likeness (QED) is 0.921. The van der Waals surface area contributed by atoms with Gasteiger partial charge in [-0.05, 0) is 48.4 Å². The maximum atomic E-state index is 11.1. The molecule has 0 heterocycles. The lowest BCUT2D eigenvalue weighted by Crippen LogP contribution is -1.98. The first-order chi connectivity index (χ1) is 9.02. The third-order valence-corrected chi connectivity index (χ3v) is 3.17. The molecule has 0 saturated heterocycles. The summed E-state index contributed by atoms with van der Waals surface area (Å²) in [6.07, 6.45) is 0. The molecule has 0 spiro atoms. The molecule has 0 unspecified atom stereocenters. The van der Waals surface area contributed by atoms with Crippen molar-refractivity contribution in [1.29, 1.82) is 0 Å². The lowest BCUT2D eigenvalue weighted by Gasteiger charge is -2.12. The highest BCUT2D eigenvalue weighted by atomic mass is 35.5. The zero-order chi connectivity index (χ0) is 14.0. The van der Waals surface area contributed by atoms with E-state index in [-0.39, 0.29) is 5.56 Å². The van der Waals surface area contributed by atoms with Gasteiger partial charge in [0.05, 0.1) is 12.7 Å². The Hall–Kier alpha value is -2.00. The molecule has 2 aromatic carbocycles. The Morgan fingerprint density at radius 1 is 1.16 bits per heavy atom. The van der Waals surface area contributed by atoms with E-state index in [9.17, 15) is 4.79 Å². The van der Waals surface area contributed by atoms with Crippen molar-refractivity contribution in [3.63, 3.8) is 0 Å². The molecule has 0 amide bonds. The first-order valence-electron chi connectivity index (χ1n) is 5.71. The summed E-state index contributed by atoms with van der Waals surface area (Å²) >= 11 is 6.01. The molecule has 0 aromatic heterocycles. The second-order valence-electron chi connectivity index (χ2n) is 4.18. The Bertz CT molecular complexity index is 635. The molecule has 0 fully saturated rings. The molecule has 0 saturated carbocycles. The van der Waals surface area contributed by atoms with Gasteiger partial charge in [0.15, 0.2) is 0 Å². The largest absolute Gasteiger partial charge is 0.496 e. The second-order valence-corrected chi connectivity index (χ2v) is 4.62. The van der Waals surface area contributed by atoms with Gasteiger partial charge in [-0.15, -0.1) is 0 Å². The summed E-state index contributed by atoms with van der Waals surface area (Å²) in [5, 5.41) is 9.68. The van der Waals surface area contributed by atoms with Gasteiger partial charge < -0.3 is 9.84 Å². The zero-order valence-corrected chi connectivity index (χ0v) is 11.4. The van der Waals surface area contributed by atoms with Crippen LogP contribution in [-0.4, -0.2) is 18.2 Å². The molecule has 1 N–H and O–H groups in total. The highest BCUT2D eigenvalue weighted by Gasteiger charge is 2.12. The highest BCUT2D eigenvalue weighted by Crippen LogP contribution is 2.34. The van der Waals surface area contributed by atoms with E-state index in [1.54, 1.807) is 31.4 Å². The highest BCUT2D eigenvalue weighted by molar-refractivity contribution is 6.30. The van der Waals surface area contributed by atoms with Gasteiger partial charge in [0.2, 0.25) is 0 Å². The van der Waals surface area contributed by atoms with Gasteiger partial charge in [0.1, 0.15) is 5.75 Å². The molecule has 0 atom stereocenters. The number of ether oxygens (including phenoxy) is 1. The molecule has 0 aliphatic carbocycles. The lowest BCUT2D eigenvalue weighted by atomic mass is 9.98. The van der Waals surface area contributed by atoms with Crippen molar-refractivity contribution in [2.75, 3.05) is 7.11 Å². The molecule has 3 nitrogen and oxygen atoms in total. The second kappa shape index (κ2) is 5.33. The Kier molecular flexibility index (Phi) is 3.76. The molecule has 4 heteroatoms. The monoisotopic (exact) mass is 276 g/mol. The predicted molar refractivity (Wildman–Crippen MR) is 75.1 cm³/mol. The molecule has 19 heavy (non-hydrogen) atoms. The minimum Gasteiger partial charge on any atom is -0.496 e. The first kappa shape index (κ1) is 13.4. The number of carboxylic acids is 1. The van der Waals surface area contributed by atoms with Crippen LogP contribution >= 0.6 is 11.6 Å². The van der Waals surface area contributed by atoms with Crippen molar-refractivity contribution >= 4 is 17.6 Å². The van der Waals surface area contributed by atoms with E-state index in [0.717, 1.165) is 16.7 Å². The number of carboxylic acid groups (broad SMARTS) is 1. The van der Waals surface area contributed by atoms with Crippen LogP contribution in [0.1, 0.15) is 15.9 Å². The maximum Gasteiger partial charge on any atom is 0.335 e. The van der Waals surface area contributed by atoms with E-state index in [1.807, 2.05) is 13.0 Å². The third kappa shape index (κ3) is 2.71. The van der Waals surface area contributed by atoms with E-state index in [2.05, 4.69) is 0 Å². The van der Waals surface area contributed by atoms with Gasteiger partial charge in [-0.3, -0.25) is 0 Å². The summed E-state index contributed by atoms with van der Waals surface area (Å²) in [6.45, 7) is 1.94. The van der Waals surface area contributed by atoms with E-state index >= 15 is 0 Å². The Morgan fingerprint density at radius 3 is 2.53 bits per heavy atom. The van der Waals surface area contributed by atoms with E-state index < -0.39 is 5.97 Å². The van der Waals surface area contributed by atoms with Crippen LogP contribution in [0.4, 0.5) is 0 Å². The fraction of sp³-hybridized carbons (Fsp3) is 0.133. The normalized spacial score (nSPS) is 10.3. The van der Waals surface area contributed by atoms with Crippen molar-refractivity contribution in [3.8, 4) is 16.9 Å². The molecule has 0 aliphatic rings. The SMILES string of the molecule is COc1ccc(C(=O)O)cc1-c1cc(Cl)ccc1C. The lowest BCUT2D eigenvalue weighted by molar-refractivity contribution is 0.0697. The molecule has 0 aliphatic heterocycles. The average molecular weight is 277 g/mol. The summed E-state index contributed by atoms with van der Waals surface area (Å²) in [4.78, 5) is 11.1. The van der Waals surface area contributed by atoms with Crippen molar-refractivity contribution in [2.45, 2.75) is 6.92 Å². The van der Waals surface area contributed by atoms with Crippen LogP contribution in [0.25, 0.3) is 11.1 Å². The number of benzene rings is 2. The number of hydrogen-bond acceptors (Lipinski definition) is 2. The van der Waals surface area contributed by atoms with Crippen molar-refractivity contribution in [2.24, 2.45) is 0 Å². The van der Waals surface area contributed by atoms with Crippen molar-refractivity contribution < 1.29 is 14.6 Å². The molecule has 2 aromatic rings. The fourth-order valence-corrected chi connectivity index (χ4v) is 2.11. The van der Waals surface area contributed by atoms with E-state index in [4.69, 9.17) is 21.4 Å². The Labute approximate surface area is 116 Å². The standard InChI is InChI=1S/C15H13ClO3/c1-9-3-5-11(16)8-12(9)13-7-10(15(17)18)4-6-14(13)19-2/h3-8H,1-2H3,(H,17,18). The number of hydrogen-bond donors (Lipinski definition) is 1. The van der Waals surface area contributed by atoms with Crippen LogP contribution in [-0.2, 0) is 0 Å². The summed E-state index contributed by atoms with van der Waals surface area (Å²) < 4.78 is 5.29. The number of aryl methyl sites for hydroxylation is 1. The van der Waals surface area contributed by atoms with Crippen LogP contribution in [0.3, 0.4) is 0 Å². The zero-order valence-electron chi connectivity index (χ0n) is 10.6. The number of carbonyl (C=O) groups is 1. The summed E-state index contributed by atoms with van der Waals surface area (Å²) in [5.41, 5.74) is 2.82. The van der Waals surface area contributed by atoms with Crippen LogP contribution < -0.4 is 4.74 Å². The maximum absolute atomic E-state index is 11.1. The van der Waals surface area contributed by atoms with Gasteiger partial charge in [-0.2, -0.15) is 0 Å². The minimum atomic E-state index is -0.969. The number of aromatic carboxylic acids is 1. The van der Waals surface area contributed by atoms with Crippen LogP contribution in [0.5, 0.6) is 5.75 Å². The van der Waals surface area contributed by atoms with E-state index in [1.165, 1.54) is 6.07 Å². The van der Waals surface area contributed by atoms with E-state index in [0.29, 0.717) is 10.8 Å². The van der Waals surface area contributed by atoms with Gasteiger partial charge in [0.25, 0.3) is 0 Å². The van der Waals surface area contributed by atoms with Gasteiger partial charge in [-0.25, -0.2) is 4.79 Å². The van der Waals surface area contributed by atoms with Crippen LogP contribution in [0, 0.1) is 6.92 Å². The molecule has 0 bridgehead atoms. The predicted octanol–water partition coefficient (Wildman–Crippen LogP) is 4.02. The number of rotatable bonds is 3. The van der Waals surface area contributed by atoms with Crippen molar-refractivity contribution in [1.82, 2.24) is 0 Å². The van der Waals surface area contributed by atoms with Crippen molar-refractivity contribution in [3.05, 3.63) is 52.5 Å². The fourth-order valence-electron chi connectivity index (χ4n) is 1.94. The minimum absolute atomic E-state index is 0.218. The van der Waals surface area contributed by atoms with Crippen LogP contribution in [0.2, 0.25) is 5.02 Å². The summed E-state index contributed by atoms with van der Waals surface area (Å²) in [7, 11) is 1.55. The number of methoxy groups -OCH3 is 1. The topological polar surface area (TPSA) is 46.5 Å². The van der Waals surface area contributed by atoms with Gasteiger partial charge >= 0.3 is 5.97 Å². The molecular formula is C15H13ClO3. The average Bonchev–Trinajstić information content (AvgIpc) is 2.40. The molecule has 2 rings (SSSR count). The number of halogens is 1. The molecular weight excluding hydrogens is 264 g/mol. The van der Waals surface area contributed by atoms with Gasteiger partial charge in [0, 0.05) is 10.6 Å². The molecule has 0 radical (unpaired) electrons. The Balaban J connectivity index is 2.68. The first-order valence-corrected chi connectivity index (χ1v) is 6.08. The Morgan fingerprint density at radius 2 is 1.89 bits per heavy atom. The molecule has 98 valence electrons. The van der Waals surface area contributed by atoms with Gasteiger partial charge in [-0.1, -0.05) is 17.7 Å². The summed E-state index contributed by atoms with van der Waals surface area (Å²) in [5.74, 6) is -0.348. The van der Waals surface area contributed by atoms with Crippen LogP contribution in [0.15, 0.2) is 36.4 Å². The smallest absolute Gasteiger partial charge is 0.335 e.